The van der Waals surface area contributed by atoms with Crippen molar-refractivity contribution in [2.24, 2.45) is 0 Å². The van der Waals surface area contributed by atoms with Crippen molar-refractivity contribution in [3.63, 3.8) is 0 Å². The summed E-state index contributed by atoms with van der Waals surface area (Å²) in [6.07, 6.45) is 10.6. The third-order valence-corrected chi connectivity index (χ3v) is 10.0. The van der Waals surface area contributed by atoms with Gasteiger partial charge in [-0.3, -0.25) is 4.98 Å². The van der Waals surface area contributed by atoms with Crippen LogP contribution in [0.5, 0.6) is 0 Å². The Balaban J connectivity index is 0.964. The molecule has 0 spiro atoms. The molecule has 8 rings (SSSR count). The highest BCUT2D eigenvalue weighted by atomic mass is 15.4. The van der Waals surface area contributed by atoms with Gasteiger partial charge in [-0.25, -0.2) is 4.68 Å². The third-order valence-electron chi connectivity index (χ3n) is 10.0. The summed E-state index contributed by atoms with van der Waals surface area (Å²) in [5.41, 5.74) is 23.9. The van der Waals surface area contributed by atoms with Gasteiger partial charge in [-0.15, -0.1) is 5.10 Å². The van der Waals surface area contributed by atoms with E-state index in [0.717, 1.165) is 86.0 Å². The second kappa shape index (κ2) is 13.5. The Labute approximate surface area is 286 Å². The summed E-state index contributed by atoms with van der Waals surface area (Å²) in [5.74, 6) is 0. The minimum Gasteiger partial charge on any atom is -0.399 e. The zero-order chi connectivity index (χ0) is 33.2. The molecule has 0 saturated carbocycles. The van der Waals surface area contributed by atoms with Gasteiger partial charge < -0.3 is 16.8 Å². The lowest BCUT2D eigenvalue weighted by atomic mass is 9.92. The first-order valence-electron chi connectivity index (χ1n) is 17.7. The molecule has 1 aliphatic rings. The number of fused-ring (bicyclic) bond motifs is 5. The molecular formula is C41H43N8+. The molecule has 0 bridgehead atoms. The number of nitrogens with two attached hydrogens (primary N) is 2. The molecule has 3 heterocycles. The van der Waals surface area contributed by atoms with Gasteiger partial charge in [0.15, 0.2) is 0 Å². The van der Waals surface area contributed by atoms with Crippen LogP contribution in [0.25, 0.3) is 43.8 Å². The maximum Gasteiger partial charge on any atom is 0.220 e. The average Bonchev–Trinajstić information content (AvgIpc) is 3.58. The molecule has 0 fully saturated rings. The summed E-state index contributed by atoms with van der Waals surface area (Å²) < 4.78 is 4.51. The Kier molecular flexibility index (Phi) is 8.52. The molecule has 246 valence electrons. The first kappa shape index (κ1) is 30.8. The fraction of sp³-hybridized carbons (Fsp3) is 0.268. The maximum absolute atomic E-state index is 6.36. The van der Waals surface area contributed by atoms with E-state index in [0.29, 0.717) is 0 Å². The number of unbranched alkanes of at least 4 members (excludes halogenated alkanes) is 2. The van der Waals surface area contributed by atoms with E-state index in [1.54, 1.807) is 0 Å². The van der Waals surface area contributed by atoms with Gasteiger partial charge in [-0.1, -0.05) is 47.7 Å². The lowest BCUT2D eigenvalue weighted by Crippen LogP contribution is -2.37. The van der Waals surface area contributed by atoms with Gasteiger partial charge in [0.2, 0.25) is 11.2 Å². The molecule has 0 unspecified atom stereocenters. The fourth-order valence-electron chi connectivity index (χ4n) is 7.67. The fourth-order valence-corrected chi connectivity index (χ4v) is 7.67. The highest BCUT2D eigenvalue weighted by Gasteiger charge is 2.24. The first-order chi connectivity index (χ1) is 24.1. The van der Waals surface area contributed by atoms with E-state index in [1.165, 1.54) is 62.9 Å². The summed E-state index contributed by atoms with van der Waals surface area (Å²) in [4.78, 5) is 4.99. The van der Waals surface area contributed by atoms with Crippen LogP contribution in [0.4, 0.5) is 17.1 Å². The number of nitrogens with zero attached hydrogens (tertiary/aromatic N) is 5. The third kappa shape index (κ3) is 6.15. The van der Waals surface area contributed by atoms with Crippen molar-refractivity contribution in [3.8, 4) is 11.3 Å². The lowest BCUT2D eigenvalue weighted by molar-refractivity contribution is -0.659. The van der Waals surface area contributed by atoms with Crippen molar-refractivity contribution in [3.05, 3.63) is 114 Å². The van der Waals surface area contributed by atoms with Crippen LogP contribution >= 0.6 is 0 Å². The number of para-hydroxylation sites is 1. The molecule has 4 aromatic carbocycles. The highest BCUT2D eigenvalue weighted by Crippen LogP contribution is 2.35. The normalized spacial score (nSPS) is 12.9. The molecule has 0 aliphatic heterocycles. The predicted octanol–water partition coefficient (Wildman–Crippen LogP) is 7.66. The van der Waals surface area contributed by atoms with Gasteiger partial charge >= 0.3 is 0 Å². The number of rotatable bonds is 11. The zero-order valence-electron chi connectivity index (χ0n) is 27.9. The van der Waals surface area contributed by atoms with E-state index < -0.39 is 0 Å². The number of nitrogen functional groups attached to an aromatic ring is 2. The average molecular weight is 648 g/mol. The molecule has 49 heavy (non-hydrogen) atoms. The second-order valence-electron chi connectivity index (χ2n) is 13.3. The number of benzene rings is 4. The van der Waals surface area contributed by atoms with E-state index in [9.17, 15) is 0 Å². The molecule has 8 heteroatoms. The van der Waals surface area contributed by atoms with Crippen LogP contribution in [-0.4, -0.2) is 26.5 Å². The van der Waals surface area contributed by atoms with Crippen LogP contribution in [-0.2, 0) is 32.4 Å². The molecule has 7 aromatic rings. The number of hydrogen-bond donors (Lipinski definition) is 3. The maximum atomic E-state index is 6.36. The van der Waals surface area contributed by atoms with Gasteiger partial charge in [0.1, 0.15) is 6.54 Å². The molecular weight excluding hydrogens is 605 g/mol. The van der Waals surface area contributed by atoms with E-state index in [2.05, 4.69) is 104 Å². The van der Waals surface area contributed by atoms with Crippen molar-refractivity contribution in [2.75, 3.05) is 23.3 Å². The number of anilines is 3. The van der Waals surface area contributed by atoms with Gasteiger partial charge in [-0.2, -0.15) is 4.57 Å². The summed E-state index contributed by atoms with van der Waals surface area (Å²) in [6.45, 7) is 2.43. The highest BCUT2D eigenvalue weighted by molar-refractivity contribution is 6.10. The standard InChI is InChI=1S/C41H42N8/c42-29-18-20-32-33-21-19-30(43)26-39(33)48(41(36(32)25-29)28-11-3-1-4-12-28)23-10-2-5-13-31-27-45-47-49(31)24-22-44-40-34-14-6-8-16-37(34)46-38-17-9-7-15-35(38)40/h1,3-4,6,8,11-12,14,16,18-21,25-27,43H,2,5,7,9-10,13,15,17,22-24,42H2,(H,44,46)/p+1. The van der Waals surface area contributed by atoms with E-state index in [4.69, 9.17) is 16.5 Å². The quantitative estimate of drug-likeness (QED) is 0.0576. The molecule has 5 N–H and O–H groups in total. The Morgan fingerprint density at radius 1 is 0.755 bits per heavy atom. The minimum absolute atomic E-state index is 0.764. The van der Waals surface area contributed by atoms with Gasteiger partial charge in [0.25, 0.3) is 0 Å². The SMILES string of the molecule is Nc1ccc2c(c1)c(-c1ccccc1)[n+](CCCCCc1cnnn1CCNc1c3c(nc4ccccc14)CCCC3)c1cc(N)ccc21. The van der Waals surface area contributed by atoms with Crippen LogP contribution in [0.3, 0.4) is 0 Å². The Bertz CT molecular complexity index is 2270. The number of hydrogen-bond acceptors (Lipinski definition) is 6. The van der Waals surface area contributed by atoms with Crippen molar-refractivity contribution in [2.45, 2.75) is 64.5 Å². The lowest BCUT2D eigenvalue weighted by Gasteiger charge is -2.21. The minimum atomic E-state index is 0.764. The van der Waals surface area contributed by atoms with Crippen LogP contribution < -0.4 is 21.4 Å². The number of aryl methyl sites for hydroxylation is 3. The van der Waals surface area contributed by atoms with Gasteiger partial charge in [0.05, 0.1) is 34.7 Å². The van der Waals surface area contributed by atoms with Crippen LogP contribution in [0, 0.1) is 0 Å². The number of aromatic nitrogens is 5. The molecule has 8 nitrogen and oxygen atoms in total. The van der Waals surface area contributed by atoms with Crippen molar-refractivity contribution < 1.29 is 4.57 Å². The van der Waals surface area contributed by atoms with E-state index >= 15 is 0 Å². The second-order valence-corrected chi connectivity index (χ2v) is 13.3. The topological polar surface area (TPSA) is 112 Å². The molecule has 0 atom stereocenters. The Morgan fingerprint density at radius 3 is 2.45 bits per heavy atom. The number of pyridine rings is 2. The number of nitrogens with one attached hydrogen (secondary N) is 1. The Hall–Kier alpha value is -5.50. The molecule has 0 saturated heterocycles. The van der Waals surface area contributed by atoms with Crippen molar-refractivity contribution >= 4 is 49.6 Å². The Morgan fingerprint density at radius 2 is 1.55 bits per heavy atom. The molecule has 3 aromatic heterocycles. The molecule has 0 radical (unpaired) electrons. The monoisotopic (exact) mass is 647 g/mol. The van der Waals surface area contributed by atoms with E-state index in [-0.39, 0.29) is 0 Å². The summed E-state index contributed by atoms with van der Waals surface area (Å²) in [5, 5.41) is 17.3. The van der Waals surface area contributed by atoms with E-state index in [1.807, 2.05) is 18.3 Å². The summed E-state index contributed by atoms with van der Waals surface area (Å²) >= 11 is 0. The summed E-state index contributed by atoms with van der Waals surface area (Å²) in [6, 6.07) is 31.6. The largest absolute Gasteiger partial charge is 0.399 e. The zero-order valence-corrected chi connectivity index (χ0v) is 27.9. The van der Waals surface area contributed by atoms with Gasteiger partial charge in [-0.05, 0) is 93.0 Å². The molecule has 0 amide bonds. The van der Waals surface area contributed by atoms with Crippen LogP contribution in [0.1, 0.15) is 49.1 Å². The first-order valence-corrected chi connectivity index (χ1v) is 17.7. The summed E-state index contributed by atoms with van der Waals surface area (Å²) in [7, 11) is 0. The van der Waals surface area contributed by atoms with Gasteiger partial charge in [0, 0.05) is 58.1 Å². The van der Waals surface area contributed by atoms with Crippen LogP contribution in [0.15, 0.2) is 97.2 Å². The predicted molar refractivity (Wildman–Crippen MR) is 200 cm³/mol. The molecule has 1 aliphatic carbocycles. The smallest absolute Gasteiger partial charge is 0.220 e. The van der Waals surface area contributed by atoms with Crippen LogP contribution in [0.2, 0.25) is 0 Å². The van der Waals surface area contributed by atoms with Crippen molar-refractivity contribution in [1.29, 1.82) is 0 Å². The van der Waals surface area contributed by atoms with Crippen molar-refractivity contribution in [1.82, 2.24) is 20.0 Å².